The van der Waals surface area contributed by atoms with Crippen molar-refractivity contribution in [3.05, 3.63) is 108 Å². The van der Waals surface area contributed by atoms with Crippen LogP contribution in [0.15, 0.2) is 91.0 Å². The normalized spacial score (nSPS) is 12.2. The van der Waals surface area contributed by atoms with Crippen molar-refractivity contribution in [2.45, 2.75) is 13.0 Å². The van der Waals surface area contributed by atoms with E-state index >= 15 is 0 Å². The largest absolute Gasteiger partial charge is 0.496 e. The molecule has 0 aliphatic carbocycles. The van der Waals surface area contributed by atoms with Crippen LogP contribution in [-0.2, 0) is 13.0 Å². The van der Waals surface area contributed by atoms with Gasteiger partial charge in [0.25, 0.3) is 0 Å². The molecule has 4 aromatic rings. The number of hydrogen-bond acceptors (Lipinski definition) is 5. The second-order valence-corrected chi connectivity index (χ2v) is 9.08. The molecule has 0 saturated heterocycles. The van der Waals surface area contributed by atoms with Crippen LogP contribution in [0.3, 0.4) is 0 Å². The van der Waals surface area contributed by atoms with Crippen molar-refractivity contribution in [3.63, 3.8) is 0 Å². The van der Waals surface area contributed by atoms with Crippen LogP contribution >= 0.6 is 0 Å². The van der Waals surface area contributed by atoms with Gasteiger partial charge in [-0.25, -0.2) is 0 Å². The van der Waals surface area contributed by atoms with Crippen molar-refractivity contribution >= 4 is 11.4 Å². The van der Waals surface area contributed by atoms with E-state index < -0.39 is 0 Å². The molecule has 1 aliphatic heterocycles. The standard InChI is InChI=1S/C32H31NO4/c1-33(2)25-14-10-24(11-15-25)31-30(35-4)20-29(34-3)27-18-19-28(37-32(27)31)23-12-16-26(17-13-23)36-21-22-8-6-5-7-9-22/h5-17,19-20H,18,21H2,1-4H3. The summed E-state index contributed by atoms with van der Waals surface area (Å²) in [7, 11) is 7.41. The van der Waals surface area contributed by atoms with Gasteiger partial charge in [-0.2, -0.15) is 0 Å². The number of allylic oxidation sites excluding steroid dienone is 1. The van der Waals surface area contributed by atoms with Crippen LogP contribution in [-0.4, -0.2) is 28.3 Å². The Hall–Kier alpha value is -4.38. The molecule has 5 nitrogen and oxygen atoms in total. The van der Waals surface area contributed by atoms with Crippen LogP contribution in [0, 0.1) is 0 Å². The van der Waals surface area contributed by atoms with Gasteiger partial charge in [0.1, 0.15) is 35.4 Å². The molecule has 0 unspecified atom stereocenters. The Bertz CT molecular complexity index is 1390. The number of nitrogens with zero attached hydrogens (tertiary/aromatic N) is 1. The summed E-state index contributed by atoms with van der Waals surface area (Å²) in [4.78, 5) is 2.08. The first kappa shape index (κ1) is 24.3. The zero-order chi connectivity index (χ0) is 25.8. The van der Waals surface area contributed by atoms with Crippen LogP contribution in [0.25, 0.3) is 16.9 Å². The molecule has 5 heteroatoms. The SMILES string of the molecule is COc1cc(OC)c(-c2ccc(N(C)C)cc2)c2c1CC=C(c1ccc(OCc3ccccc3)cc1)O2. The first-order valence-corrected chi connectivity index (χ1v) is 12.3. The molecule has 0 atom stereocenters. The fourth-order valence-electron chi connectivity index (χ4n) is 4.48. The Morgan fingerprint density at radius 3 is 2.11 bits per heavy atom. The smallest absolute Gasteiger partial charge is 0.146 e. The van der Waals surface area contributed by atoms with Crippen molar-refractivity contribution in [2.24, 2.45) is 0 Å². The highest BCUT2D eigenvalue weighted by molar-refractivity contribution is 5.84. The highest BCUT2D eigenvalue weighted by Gasteiger charge is 2.26. The van der Waals surface area contributed by atoms with Crippen molar-refractivity contribution in [1.29, 1.82) is 0 Å². The molecule has 4 aromatic carbocycles. The fourth-order valence-corrected chi connectivity index (χ4v) is 4.48. The van der Waals surface area contributed by atoms with E-state index in [1.54, 1.807) is 14.2 Å². The lowest BCUT2D eigenvalue weighted by Gasteiger charge is -2.25. The molecule has 0 spiro atoms. The van der Waals surface area contributed by atoms with Gasteiger partial charge in [0.2, 0.25) is 0 Å². The quantitative estimate of drug-likeness (QED) is 0.265. The molecule has 0 fully saturated rings. The van der Waals surface area contributed by atoms with Crippen molar-refractivity contribution in [1.82, 2.24) is 0 Å². The number of anilines is 1. The minimum atomic E-state index is 0.530. The highest BCUT2D eigenvalue weighted by Crippen LogP contribution is 2.49. The molecule has 37 heavy (non-hydrogen) atoms. The van der Waals surface area contributed by atoms with Gasteiger partial charge in [0.15, 0.2) is 0 Å². The Kier molecular flexibility index (Phi) is 7.04. The zero-order valence-corrected chi connectivity index (χ0v) is 21.7. The average Bonchev–Trinajstić information content (AvgIpc) is 2.95. The second-order valence-electron chi connectivity index (χ2n) is 9.08. The predicted octanol–water partition coefficient (Wildman–Crippen LogP) is 6.99. The first-order chi connectivity index (χ1) is 18.1. The zero-order valence-electron chi connectivity index (χ0n) is 21.7. The monoisotopic (exact) mass is 493 g/mol. The predicted molar refractivity (Wildman–Crippen MR) is 149 cm³/mol. The molecule has 0 saturated carbocycles. The third-order valence-electron chi connectivity index (χ3n) is 6.51. The Morgan fingerprint density at radius 2 is 1.46 bits per heavy atom. The second kappa shape index (κ2) is 10.7. The molecule has 5 rings (SSSR count). The molecular weight excluding hydrogens is 462 g/mol. The Morgan fingerprint density at radius 1 is 0.784 bits per heavy atom. The topological polar surface area (TPSA) is 40.2 Å². The minimum absolute atomic E-state index is 0.530. The molecule has 1 heterocycles. The summed E-state index contributed by atoms with van der Waals surface area (Å²) >= 11 is 0. The average molecular weight is 494 g/mol. The van der Waals surface area contributed by atoms with Crippen LogP contribution < -0.4 is 23.8 Å². The van der Waals surface area contributed by atoms with Crippen LogP contribution in [0.1, 0.15) is 16.7 Å². The van der Waals surface area contributed by atoms with Gasteiger partial charge in [-0.15, -0.1) is 0 Å². The lowest BCUT2D eigenvalue weighted by molar-refractivity contribution is 0.306. The summed E-state index contributed by atoms with van der Waals surface area (Å²) in [6.07, 6.45) is 2.78. The van der Waals surface area contributed by atoms with E-state index in [4.69, 9.17) is 18.9 Å². The van der Waals surface area contributed by atoms with Gasteiger partial charge >= 0.3 is 0 Å². The number of fused-ring (bicyclic) bond motifs is 1. The number of benzene rings is 4. The summed E-state index contributed by atoms with van der Waals surface area (Å²) in [5.74, 6) is 3.83. The lowest BCUT2D eigenvalue weighted by Crippen LogP contribution is -2.09. The Balaban J connectivity index is 1.44. The molecular formula is C32H31NO4. The van der Waals surface area contributed by atoms with E-state index in [1.807, 2.05) is 62.6 Å². The Labute approximate surface area is 218 Å². The molecule has 0 aromatic heterocycles. The first-order valence-electron chi connectivity index (χ1n) is 12.3. The number of hydrogen-bond donors (Lipinski definition) is 0. The van der Waals surface area contributed by atoms with E-state index in [9.17, 15) is 0 Å². The van der Waals surface area contributed by atoms with Gasteiger partial charge in [-0.3, -0.25) is 0 Å². The number of ether oxygens (including phenoxy) is 4. The van der Waals surface area contributed by atoms with Crippen LogP contribution in [0.5, 0.6) is 23.0 Å². The van der Waals surface area contributed by atoms with Gasteiger partial charge < -0.3 is 23.8 Å². The molecule has 0 bridgehead atoms. The van der Waals surface area contributed by atoms with E-state index in [0.717, 1.165) is 56.5 Å². The summed E-state index contributed by atoms with van der Waals surface area (Å²) in [6.45, 7) is 0.530. The van der Waals surface area contributed by atoms with Gasteiger partial charge in [0, 0.05) is 43.4 Å². The van der Waals surface area contributed by atoms with E-state index in [0.29, 0.717) is 18.8 Å². The highest BCUT2D eigenvalue weighted by atomic mass is 16.5. The van der Waals surface area contributed by atoms with E-state index in [-0.39, 0.29) is 0 Å². The van der Waals surface area contributed by atoms with Gasteiger partial charge in [-0.1, -0.05) is 42.5 Å². The molecule has 1 aliphatic rings. The van der Waals surface area contributed by atoms with E-state index in [1.165, 1.54) is 0 Å². The maximum absolute atomic E-state index is 6.59. The number of rotatable bonds is 8. The lowest BCUT2D eigenvalue weighted by atomic mass is 9.95. The summed E-state index contributed by atoms with van der Waals surface area (Å²) in [6, 6.07) is 28.5. The van der Waals surface area contributed by atoms with Gasteiger partial charge in [-0.05, 0) is 53.6 Å². The van der Waals surface area contributed by atoms with Crippen molar-refractivity contribution < 1.29 is 18.9 Å². The number of methoxy groups -OCH3 is 2. The van der Waals surface area contributed by atoms with E-state index in [2.05, 4.69) is 47.4 Å². The van der Waals surface area contributed by atoms with Crippen LogP contribution in [0.4, 0.5) is 5.69 Å². The van der Waals surface area contributed by atoms with Gasteiger partial charge in [0.05, 0.1) is 19.8 Å². The van der Waals surface area contributed by atoms with Crippen molar-refractivity contribution in [3.8, 4) is 34.1 Å². The van der Waals surface area contributed by atoms with Crippen LogP contribution in [0.2, 0.25) is 0 Å². The molecule has 0 amide bonds. The summed E-state index contributed by atoms with van der Waals surface area (Å²) in [5, 5.41) is 0. The fraction of sp³-hybridized carbons (Fsp3) is 0.188. The summed E-state index contributed by atoms with van der Waals surface area (Å²) in [5.41, 5.74) is 6.18. The summed E-state index contributed by atoms with van der Waals surface area (Å²) < 4.78 is 24.0. The third-order valence-corrected chi connectivity index (χ3v) is 6.51. The third kappa shape index (κ3) is 5.12. The molecule has 0 N–H and O–H groups in total. The minimum Gasteiger partial charge on any atom is -0.496 e. The maximum Gasteiger partial charge on any atom is 0.146 e. The van der Waals surface area contributed by atoms with Crippen molar-refractivity contribution in [2.75, 3.05) is 33.2 Å². The molecule has 188 valence electrons. The maximum atomic E-state index is 6.59. The molecule has 0 radical (unpaired) electrons.